The summed E-state index contributed by atoms with van der Waals surface area (Å²) in [7, 11) is 3.25. The molecule has 6 heteroatoms. The van der Waals surface area contributed by atoms with E-state index in [-0.39, 0.29) is 0 Å². The second-order valence-corrected chi connectivity index (χ2v) is 6.78. The molecule has 1 heterocycles. The summed E-state index contributed by atoms with van der Waals surface area (Å²) in [5.74, 6) is 3.49. The van der Waals surface area contributed by atoms with E-state index in [9.17, 15) is 0 Å². The second-order valence-electron chi connectivity index (χ2n) is 6.78. The predicted octanol–water partition coefficient (Wildman–Crippen LogP) is 5.21. The van der Waals surface area contributed by atoms with Crippen LogP contribution in [0.3, 0.4) is 0 Å². The number of nitrogens with zero attached hydrogens (tertiary/aromatic N) is 2. The van der Waals surface area contributed by atoms with Crippen molar-refractivity contribution >= 4 is 23.0 Å². The topological polar surface area (TPSA) is 68.3 Å². The van der Waals surface area contributed by atoms with Gasteiger partial charge in [0, 0.05) is 17.8 Å². The smallest absolute Gasteiger partial charge is 0.146 e. The summed E-state index contributed by atoms with van der Waals surface area (Å²) in [5, 5.41) is 6.75. The van der Waals surface area contributed by atoms with Crippen molar-refractivity contribution in [1.82, 2.24) is 9.97 Å². The Morgan fingerprint density at radius 3 is 2.00 bits per heavy atom. The van der Waals surface area contributed by atoms with Crippen LogP contribution in [0.4, 0.5) is 23.0 Å². The van der Waals surface area contributed by atoms with Crippen molar-refractivity contribution in [3.63, 3.8) is 0 Å². The van der Waals surface area contributed by atoms with Gasteiger partial charge < -0.3 is 20.1 Å². The van der Waals surface area contributed by atoms with Crippen LogP contribution in [0.1, 0.15) is 22.5 Å². The van der Waals surface area contributed by atoms with Gasteiger partial charge in [0.15, 0.2) is 0 Å². The molecule has 28 heavy (non-hydrogen) atoms. The highest BCUT2D eigenvalue weighted by Crippen LogP contribution is 2.32. The summed E-state index contributed by atoms with van der Waals surface area (Å²) in [4.78, 5) is 9.03. The number of rotatable bonds is 6. The third-order valence-corrected chi connectivity index (χ3v) is 4.44. The fraction of sp³-hybridized carbons (Fsp3) is 0.273. The third-order valence-electron chi connectivity index (χ3n) is 4.44. The van der Waals surface area contributed by atoms with Gasteiger partial charge in [-0.05, 0) is 51.0 Å². The monoisotopic (exact) mass is 378 g/mol. The van der Waals surface area contributed by atoms with Gasteiger partial charge in [-0.25, -0.2) is 9.97 Å². The molecule has 0 amide bonds. The molecule has 2 N–H and O–H groups in total. The van der Waals surface area contributed by atoms with Crippen LogP contribution in [-0.4, -0.2) is 24.2 Å². The van der Waals surface area contributed by atoms with E-state index in [1.165, 1.54) is 16.7 Å². The van der Waals surface area contributed by atoms with Gasteiger partial charge in [-0.1, -0.05) is 17.7 Å². The van der Waals surface area contributed by atoms with Crippen LogP contribution in [-0.2, 0) is 0 Å². The van der Waals surface area contributed by atoms with E-state index in [0.29, 0.717) is 17.4 Å². The SMILES string of the molecule is COc1ccc(Nc2cc(Nc3c(C)cc(C)cc3C)nc(C)n2)c(OC)c1. The Morgan fingerprint density at radius 2 is 1.39 bits per heavy atom. The molecule has 0 saturated heterocycles. The number of aromatic nitrogens is 2. The maximum atomic E-state index is 5.46. The zero-order valence-corrected chi connectivity index (χ0v) is 17.2. The molecule has 0 aliphatic carbocycles. The van der Waals surface area contributed by atoms with Crippen LogP contribution in [0, 0.1) is 27.7 Å². The largest absolute Gasteiger partial charge is 0.497 e. The van der Waals surface area contributed by atoms with E-state index in [2.05, 4.69) is 53.5 Å². The molecule has 3 aromatic rings. The number of methoxy groups -OCH3 is 2. The molecule has 0 saturated carbocycles. The maximum absolute atomic E-state index is 5.46. The fourth-order valence-corrected chi connectivity index (χ4v) is 3.24. The summed E-state index contributed by atoms with van der Waals surface area (Å²) >= 11 is 0. The minimum atomic E-state index is 0.669. The minimum Gasteiger partial charge on any atom is -0.497 e. The number of aryl methyl sites for hydroxylation is 4. The zero-order chi connectivity index (χ0) is 20.3. The van der Waals surface area contributed by atoms with Crippen LogP contribution in [0.5, 0.6) is 11.5 Å². The molecule has 0 bridgehead atoms. The van der Waals surface area contributed by atoms with E-state index in [4.69, 9.17) is 9.47 Å². The predicted molar refractivity (Wildman–Crippen MR) is 114 cm³/mol. The van der Waals surface area contributed by atoms with Gasteiger partial charge in [-0.3, -0.25) is 0 Å². The van der Waals surface area contributed by atoms with Crippen molar-refractivity contribution in [2.24, 2.45) is 0 Å². The van der Waals surface area contributed by atoms with E-state index in [1.807, 2.05) is 31.2 Å². The molecule has 0 fully saturated rings. The van der Waals surface area contributed by atoms with Gasteiger partial charge in [-0.2, -0.15) is 0 Å². The van der Waals surface area contributed by atoms with Crippen molar-refractivity contribution < 1.29 is 9.47 Å². The number of hydrogen-bond acceptors (Lipinski definition) is 6. The first-order chi connectivity index (χ1) is 13.4. The Morgan fingerprint density at radius 1 is 0.750 bits per heavy atom. The molecule has 0 spiro atoms. The minimum absolute atomic E-state index is 0.669. The quantitative estimate of drug-likeness (QED) is 0.613. The number of anilines is 4. The fourth-order valence-electron chi connectivity index (χ4n) is 3.24. The molecule has 146 valence electrons. The number of benzene rings is 2. The molecule has 0 aliphatic rings. The van der Waals surface area contributed by atoms with E-state index in [1.54, 1.807) is 14.2 Å². The highest BCUT2D eigenvalue weighted by Gasteiger charge is 2.10. The van der Waals surface area contributed by atoms with Crippen molar-refractivity contribution in [2.45, 2.75) is 27.7 Å². The molecule has 0 atom stereocenters. The summed E-state index contributed by atoms with van der Waals surface area (Å²) in [6.45, 7) is 8.16. The van der Waals surface area contributed by atoms with Crippen molar-refractivity contribution in [1.29, 1.82) is 0 Å². The molecule has 0 unspecified atom stereocenters. The van der Waals surface area contributed by atoms with Gasteiger partial charge in [0.05, 0.1) is 19.9 Å². The number of nitrogens with one attached hydrogen (secondary N) is 2. The first kappa shape index (κ1) is 19.5. The first-order valence-electron chi connectivity index (χ1n) is 9.09. The molecular weight excluding hydrogens is 352 g/mol. The van der Waals surface area contributed by atoms with Gasteiger partial charge >= 0.3 is 0 Å². The van der Waals surface area contributed by atoms with Crippen LogP contribution in [0.25, 0.3) is 0 Å². The lowest BCUT2D eigenvalue weighted by atomic mass is 10.1. The van der Waals surface area contributed by atoms with Crippen LogP contribution < -0.4 is 20.1 Å². The molecule has 6 nitrogen and oxygen atoms in total. The van der Waals surface area contributed by atoms with E-state index in [0.717, 1.165) is 22.9 Å². The van der Waals surface area contributed by atoms with Crippen molar-refractivity contribution in [2.75, 3.05) is 24.9 Å². The number of hydrogen-bond donors (Lipinski definition) is 2. The van der Waals surface area contributed by atoms with Gasteiger partial charge in [-0.15, -0.1) is 0 Å². The Kier molecular flexibility index (Phi) is 5.68. The summed E-state index contributed by atoms with van der Waals surface area (Å²) < 4.78 is 10.7. The van der Waals surface area contributed by atoms with E-state index >= 15 is 0 Å². The third kappa shape index (κ3) is 4.34. The Hall–Kier alpha value is -3.28. The molecule has 3 rings (SSSR count). The molecule has 1 aromatic heterocycles. The van der Waals surface area contributed by atoms with Crippen LogP contribution in [0.15, 0.2) is 36.4 Å². The maximum Gasteiger partial charge on any atom is 0.146 e. The van der Waals surface area contributed by atoms with Crippen molar-refractivity contribution in [3.8, 4) is 11.5 Å². The second kappa shape index (κ2) is 8.17. The average molecular weight is 378 g/mol. The standard InChI is InChI=1S/C22H26N4O2/c1-13-9-14(2)22(15(3)10-13)26-21-12-20(23-16(4)24-21)25-18-8-7-17(27-5)11-19(18)28-6/h7-12H,1-6H3,(H2,23,24,25,26). The Bertz CT molecular complexity index is 979. The zero-order valence-electron chi connectivity index (χ0n) is 17.2. The Labute approximate surface area is 166 Å². The normalized spacial score (nSPS) is 10.5. The molecule has 2 aromatic carbocycles. The molecule has 0 radical (unpaired) electrons. The highest BCUT2D eigenvalue weighted by molar-refractivity contribution is 5.70. The first-order valence-corrected chi connectivity index (χ1v) is 9.09. The lowest BCUT2D eigenvalue weighted by Gasteiger charge is -2.16. The molecule has 0 aliphatic heterocycles. The van der Waals surface area contributed by atoms with Crippen LogP contribution in [0.2, 0.25) is 0 Å². The lowest BCUT2D eigenvalue weighted by Crippen LogP contribution is -2.04. The van der Waals surface area contributed by atoms with E-state index < -0.39 is 0 Å². The Balaban J connectivity index is 1.91. The van der Waals surface area contributed by atoms with Gasteiger partial charge in [0.1, 0.15) is 29.0 Å². The van der Waals surface area contributed by atoms with Crippen LogP contribution >= 0.6 is 0 Å². The number of ether oxygens (including phenoxy) is 2. The highest BCUT2D eigenvalue weighted by atomic mass is 16.5. The lowest BCUT2D eigenvalue weighted by molar-refractivity contribution is 0.395. The van der Waals surface area contributed by atoms with Crippen molar-refractivity contribution in [3.05, 3.63) is 58.9 Å². The molecular formula is C22H26N4O2. The van der Waals surface area contributed by atoms with Gasteiger partial charge in [0.25, 0.3) is 0 Å². The summed E-state index contributed by atoms with van der Waals surface area (Å²) in [6, 6.07) is 11.8. The summed E-state index contributed by atoms with van der Waals surface area (Å²) in [6.07, 6.45) is 0. The summed E-state index contributed by atoms with van der Waals surface area (Å²) in [5.41, 5.74) is 5.47. The average Bonchev–Trinajstić information content (AvgIpc) is 2.64. The van der Waals surface area contributed by atoms with Gasteiger partial charge in [0.2, 0.25) is 0 Å².